The molecule has 2 rings (SSSR count). The molecule has 0 saturated heterocycles. The van der Waals surface area contributed by atoms with Gasteiger partial charge in [-0.2, -0.15) is 0 Å². The fourth-order valence-electron chi connectivity index (χ4n) is 2.40. The average Bonchev–Trinajstić information content (AvgIpc) is 3.22. The van der Waals surface area contributed by atoms with E-state index >= 15 is 0 Å². The Labute approximate surface area is 148 Å². The van der Waals surface area contributed by atoms with Crippen LogP contribution in [0.25, 0.3) is 0 Å². The second-order valence-corrected chi connectivity index (χ2v) is 7.40. The molecule has 6 nitrogen and oxygen atoms in total. The molecule has 4 N–H and O–H groups in total. The van der Waals surface area contributed by atoms with E-state index in [0.29, 0.717) is 0 Å². The highest BCUT2D eigenvalue weighted by Crippen LogP contribution is 2.21. The summed E-state index contributed by atoms with van der Waals surface area (Å²) in [5.41, 5.74) is 0. The van der Waals surface area contributed by atoms with Crippen LogP contribution >= 0.6 is 22.7 Å². The van der Waals surface area contributed by atoms with Crippen molar-refractivity contribution < 1.29 is 19.8 Å². The Morgan fingerprint density at radius 1 is 0.875 bits per heavy atom. The summed E-state index contributed by atoms with van der Waals surface area (Å²) in [7, 11) is 0. The van der Waals surface area contributed by atoms with E-state index < -0.39 is 24.0 Å². The van der Waals surface area contributed by atoms with Crippen LogP contribution < -0.4 is 10.6 Å². The number of carboxylic acids is 2. The van der Waals surface area contributed by atoms with Crippen LogP contribution in [0.1, 0.15) is 35.7 Å². The molecule has 0 bridgehead atoms. The van der Waals surface area contributed by atoms with Gasteiger partial charge in [0.05, 0.1) is 0 Å². The zero-order valence-electron chi connectivity index (χ0n) is 13.3. The number of hydrogen-bond acceptors (Lipinski definition) is 6. The van der Waals surface area contributed by atoms with Crippen molar-refractivity contribution in [3.8, 4) is 0 Å². The van der Waals surface area contributed by atoms with Crippen LogP contribution in [0.15, 0.2) is 35.0 Å². The molecule has 8 heteroatoms. The van der Waals surface area contributed by atoms with E-state index in [1.807, 2.05) is 48.9 Å². The largest absolute Gasteiger partial charge is 0.480 e. The zero-order valence-corrected chi connectivity index (χ0v) is 14.9. The molecule has 4 atom stereocenters. The molecule has 0 aliphatic heterocycles. The molecule has 24 heavy (non-hydrogen) atoms. The van der Waals surface area contributed by atoms with Crippen molar-refractivity contribution in [2.75, 3.05) is 0 Å². The summed E-state index contributed by atoms with van der Waals surface area (Å²) in [5.74, 6) is -2.40. The first-order chi connectivity index (χ1) is 11.4. The Balaban J connectivity index is 2.14. The fraction of sp³-hybridized carbons (Fsp3) is 0.375. The van der Waals surface area contributed by atoms with Crippen molar-refractivity contribution in [2.24, 2.45) is 0 Å². The van der Waals surface area contributed by atoms with Crippen molar-refractivity contribution in [1.29, 1.82) is 0 Å². The van der Waals surface area contributed by atoms with E-state index in [0.717, 1.165) is 9.75 Å². The summed E-state index contributed by atoms with van der Waals surface area (Å²) >= 11 is 2.99. The second-order valence-electron chi connectivity index (χ2n) is 5.44. The third kappa shape index (κ3) is 4.64. The Morgan fingerprint density at radius 2 is 1.25 bits per heavy atom. The van der Waals surface area contributed by atoms with E-state index in [9.17, 15) is 19.8 Å². The first-order valence-corrected chi connectivity index (χ1v) is 9.20. The van der Waals surface area contributed by atoms with Gasteiger partial charge in [-0.05, 0) is 36.7 Å². The maximum Gasteiger partial charge on any atom is 0.322 e. The van der Waals surface area contributed by atoms with Crippen molar-refractivity contribution in [1.82, 2.24) is 10.6 Å². The Kier molecular flexibility index (Phi) is 6.50. The second kappa shape index (κ2) is 8.39. The number of hydrogen-bond donors (Lipinski definition) is 4. The smallest absolute Gasteiger partial charge is 0.322 e. The number of rotatable bonds is 9. The van der Waals surface area contributed by atoms with Gasteiger partial charge in [-0.15, -0.1) is 22.7 Å². The quantitative estimate of drug-likeness (QED) is 0.543. The maximum absolute atomic E-state index is 11.7. The minimum Gasteiger partial charge on any atom is -0.480 e. The van der Waals surface area contributed by atoms with Gasteiger partial charge in [0.15, 0.2) is 0 Å². The third-order valence-corrected chi connectivity index (χ3v) is 5.77. The lowest BCUT2D eigenvalue weighted by Gasteiger charge is -2.27. The van der Waals surface area contributed by atoms with Crippen LogP contribution in [0.3, 0.4) is 0 Å². The minimum absolute atomic E-state index is 0.258. The Hall–Kier alpha value is -1.74. The molecule has 0 radical (unpaired) electrons. The first kappa shape index (κ1) is 18.6. The Morgan fingerprint density at radius 3 is 1.50 bits per heavy atom. The number of nitrogens with one attached hydrogen (secondary N) is 2. The van der Waals surface area contributed by atoms with Gasteiger partial charge in [-0.3, -0.25) is 20.2 Å². The molecule has 0 spiro atoms. The van der Waals surface area contributed by atoms with E-state index in [-0.39, 0.29) is 12.1 Å². The maximum atomic E-state index is 11.7. The lowest BCUT2D eigenvalue weighted by Crippen LogP contribution is -2.57. The van der Waals surface area contributed by atoms with Gasteiger partial charge < -0.3 is 10.2 Å². The number of thiophene rings is 2. The van der Waals surface area contributed by atoms with Crippen molar-refractivity contribution in [2.45, 2.75) is 38.0 Å². The third-order valence-electron chi connectivity index (χ3n) is 3.66. The molecule has 0 fully saturated rings. The predicted molar refractivity (Wildman–Crippen MR) is 94.6 cm³/mol. The molecule has 0 aliphatic carbocycles. The summed E-state index contributed by atoms with van der Waals surface area (Å²) in [4.78, 5) is 25.2. The van der Waals surface area contributed by atoms with Crippen LogP contribution in [0.2, 0.25) is 0 Å². The Bertz CT molecular complexity index is 599. The highest BCUT2D eigenvalue weighted by atomic mass is 32.1. The first-order valence-electron chi connectivity index (χ1n) is 7.44. The monoisotopic (exact) mass is 368 g/mol. The summed E-state index contributed by atoms with van der Waals surface area (Å²) < 4.78 is 0. The molecule has 0 saturated carbocycles. The van der Waals surface area contributed by atoms with E-state index in [1.165, 1.54) is 22.7 Å². The molecular formula is C16H20N2O4S2. The van der Waals surface area contributed by atoms with E-state index in [1.54, 1.807) is 0 Å². The number of carboxylic acid groups (broad SMARTS) is 2. The molecule has 0 aliphatic rings. The van der Waals surface area contributed by atoms with Gasteiger partial charge in [0.1, 0.15) is 12.1 Å². The normalized spacial score (nSPS) is 16.2. The summed E-state index contributed by atoms with van der Waals surface area (Å²) in [5, 5.41) is 28.7. The predicted octanol–water partition coefficient (Wildman–Crippen LogP) is 2.72. The van der Waals surface area contributed by atoms with Gasteiger partial charge in [0, 0.05) is 21.8 Å². The van der Waals surface area contributed by atoms with Crippen molar-refractivity contribution >= 4 is 34.6 Å². The average molecular weight is 368 g/mol. The summed E-state index contributed by atoms with van der Waals surface area (Å²) in [6.45, 7) is 3.65. The topological polar surface area (TPSA) is 98.7 Å². The number of carbonyl (C=O) groups is 2. The van der Waals surface area contributed by atoms with Gasteiger partial charge in [-0.1, -0.05) is 12.1 Å². The molecule has 130 valence electrons. The summed E-state index contributed by atoms with van der Waals surface area (Å²) in [6, 6.07) is 4.51. The van der Waals surface area contributed by atoms with Crippen LogP contribution in [-0.2, 0) is 9.59 Å². The van der Waals surface area contributed by atoms with E-state index in [4.69, 9.17) is 0 Å². The van der Waals surface area contributed by atoms with Gasteiger partial charge >= 0.3 is 11.9 Å². The van der Waals surface area contributed by atoms with Gasteiger partial charge in [0.25, 0.3) is 0 Å². The van der Waals surface area contributed by atoms with Gasteiger partial charge in [-0.25, -0.2) is 0 Å². The highest BCUT2D eigenvalue weighted by Gasteiger charge is 2.36. The van der Waals surface area contributed by atoms with Crippen LogP contribution in [-0.4, -0.2) is 34.2 Å². The lowest BCUT2D eigenvalue weighted by molar-refractivity contribution is -0.149. The van der Waals surface area contributed by atoms with Crippen LogP contribution in [0, 0.1) is 0 Å². The van der Waals surface area contributed by atoms with Crippen molar-refractivity contribution in [3.05, 3.63) is 44.8 Å². The molecule has 2 unspecified atom stereocenters. The minimum atomic E-state index is -1.25. The molecule has 2 heterocycles. The highest BCUT2D eigenvalue weighted by molar-refractivity contribution is 7.10. The lowest BCUT2D eigenvalue weighted by atomic mass is 10.1. The molecule has 0 aromatic carbocycles. The van der Waals surface area contributed by atoms with Crippen LogP contribution in [0.5, 0.6) is 0 Å². The number of aliphatic carboxylic acids is 2. The summed E-state index contributed by atoms with van der Waals surface area (Å²) in [6.07, 6.45) is 0. The van der Waals surface area contributed by atoms with Crippen molar-refractivity contribution in [3.63, 3.8) is 0 Å². The van der Waals surface area contributed by atoms with E-state index in [2.05, 4.69) is 10.6 Å². The van der Waals surface area contributed by atoms with Crippen LogP contribution in [0.4, 0.5) is 0 Å². The molecule has 2 aromatic rings. The molecular weight excluding hydrogens is 348 g/mol. The fourth-order valence-corrected chi connectivity index (χ4v) is 3.89. The molecule has 0 amide bonds. The SMILES string of the molecule is CC(N[C@@H](C(=O)O)C(N[C@H](C)c1cccs1)C(=O)O)c1cccs1. The standard InChI is InChI=1S/C16H20N2O4S2/c1-9(11-5-3-7-23-11)17-13(15(19)20)14(16(21)22)18-10(2)12-6-4-8-24-12/h3-10,13-14,17-18H,1-2H3,(H,19,20)(H,21,22)/t9-,10?,13?,14-/m1/s1. The van der Waals surface area contributed by atoms with Gasteiger partial charge in [0.2, 0.25) is 0 Å². The zero-order chi connectivity index (χ0) is 17.7. The molecule has 2 aromatic heterocycles.